The van der Waals surface area contributed by atoms with Crippen LogP contribution in [0.1, 0.15) is 50.6 Å². The second kappa shape index (κ2) is 6.28. The van der Waals surface area contributed by atoms with E-state index in [-0.39, 0.29) is 6.04 Å². The van der Waals surface area contributed by atoms with Gasteiger partial charge in [-0.05, 0) is 24.9 Å². The van der Waals surface area contributed by atoms with Crippen molar-refractivity contribution in [3.05, 3.63) is 35.4 Å². The van der Waals surface area contributed by atoms with Crippen molar-refractivity contribution in [2.45, 2.75) is 45.1 Å². The van der Waals surface area contributed by atoms with Crippen molar-refractivity contribution >= 4 is 0 Å². The molecule has 0 heterocycles. The summed E-state index contributed by atoms with van der Waals surface area (Å²) in [6.45, 7) is 2.77. The van der Waals surface area contributed by atoms with Gasteiger partial charge >= 0.3 is 0 Å². The molecule has 0 bridgehead atoms. The summed E-state index contributed by atoms with van der Waals surface area (Å²) in [6, 6.07) is 4.40. The lowest BCUT2D eigenvalue weighted by Gasteiger charge is -2.22. The van der Waals surface area contributed by atoms with Crippen molar-refractivity contribution in [2.24, 2.45) is 5.92 Å². The van der Waals surface area contributed by atoms with Crippen LogP contribution in [0.15, 0.2) is 18.2 Å². The summed E-state index contributed by atoms with van der Waals surface area (Å²) in [5.74, 6) is -0.792. The first-order valence-corrected chi connectivity index (χ1v) is 6.89. The van der Waals surface area contributed by atoms with Gasteiger partial charge in [-0.1, -0.05) is 44.7 Å². The molecule has 0 aromatic heterocycles. The molecule has 1 aromatic rings. The van der Waals surface area contributed by atoms with Gasteiger partial charge in [0.1, 0.15) is 0 Å². The smallest absolute Gasteiger partial charge is 0.163 e. The van der Waals surface area contributed by atoms with E-state index < -0.39 is 11.6 Å². The van der Waals surface area contributed by atoms with E-state index in [1.54, 1.807) is 12.1 Å². The topological polar surface area (TPSA) is 12.0 Å². The van der Waals surface area contributed by atoms with Crippen LogP contribution in [0.4, 0.5) is 8.78 Å². The third-order valence-electron chi connectivity index (χ3n) is 3.85. The van der Waals surface area contributed by atoms with E-state index >= 15 is 0 Å². The summed E-state index contributed by atoms with van der Waals surface area (Å²) in [4.78, 5) is 0. The van der Waals surface area contributed by atoms with Crippen LogP contribution in [0.5, 0.6) is 0 Å². The summed E-state index contributed by atoms with van der Waals surface area (Å²) in [6.07, 6.45) is 5.90. The Hall–Kier alpha value is -0.960. The zero-order valence-corrected chi connectivity index (χ0v) is 10.9. The van der Waals surface area contributed by atoms with Crippen LogP contribution in [-0.2, 0) is 0 Å². The van der Waals surface area contributed by atoms with Gasteiger partial charge < -0.3 is 5.32 Å². The monoisotopic (exact) mass is 253 g/mol. The lowest BCUT2D eigenvalue weighted by molar-refractivity contribution is 0.384. The highest BCUT2D eigenvalue weighted by Crippen LogP contribution is 2.33. The predicted octanol–water partition coefficient (Wildman–Crippen LogP) is 4.20. The van der Waals surface area contributed by atoms with E-state index in [0.29, 0.717) is 11.5 Å². The molecule has 2 rings (SSSR count). The maximum Gasteiger partial charge on any atom is 0.163 e. The van der Waals surface area contributed by atoms with E-state index in [1.165, 1.54) is 31.7 Å². The van der Waals surface area contributed by atoms with Gasteiger partial charge in [0, 0.05) is 11.6 Å². The van der Waals surface area contributed by atoms with E-state index in [0.717, 1.165) is 13.0 Å². The maximum atomic E-state index is 13.8. The molecule has 1 fully saturated rings. The summed E-state index contributed by atoms with van der Waals surface area (Å²) >= 11 is 0. The minimum atomic E-state index is -0.748. The fourth-order valence-electron chi connectivity index (χ4n) is 2.94. The third-order valence-corrected chi connectivity index (χ3v) is 3.85. The summed E-state index contributed by atoms with van der Waals surface area (Å²) in [5.41, 5.74) is 0.476. The van der Waals surface area contributed by atoms with Crippen LogP contribution >= 0.6 is 0 Å². The molecule has 0 amide bonds. The molecule has 1 nitrogen and oxygen atoms in total. The van der Waals surface area contributed by atoms with Crippen molar-refractivity contribution in [2.75, 3.05) is 6.54 Å². The SMILES string of the molecule is CCNC(CC1CCCC1)c1cccc(F)c1F. The molecule has 1 aromatic carbocycles. The maximum absolute atomic E-state index is 13.8. The average molecular weight is 253 g/mol. The molecule has 100 valence electrons. The fraction of sp³-hybridized carbons (Fsp3) is 0.600. The summed E-state index contributed by atoms with van der Waals surface area (Å²) in [7, 11) is 0. The van der Waals surface area contributed by atoms with Crippen molar-refractivity contribution in [1.29, 1.82) is 0 Å². The van der Waals surface area contributed by atoms with E-state index in [1.807, 2.05) is 6.92 Å². The van der Waals surface area contributed by atoms with Crippen molar-refractivity contribution in [3.63, 3.8) is 0 Å². The van der Waals surface area contributed by atoms with Crippen LogP contribution in [0, 0.1) is 17.6 Å². The molecule has 1 aliphatic carbocycles. The van der Waals surface area contributed by atoms with E-state index in [4.69, 9.17) is 0 Å². The Morgan fingerprint density at radius 3 is 2.67 bits per heavy atom. The van der Waals surface area contributed by atoms with Gasteiger partial charge in [0.25, 0.3) is 0 Å². The molecule has 0 aliphatic heterocycles. The number of hydrogen-bond acceptors (Lipinski definition) is 1. The first-order chi connectivity index (χ1) is 8.72. The zero-order chi connectivity index (χ0) is 13.0. The highest BCUT2D eigenvalue weighted by molar-refractivity contribution is 5.22. The fourth-order valence-corrected chi connectivity index (χ4v) is 2.94. The zero-order valence-electron chi connectivity index (χ0n) is 10.9. The lowest BCUT2D eigenvalue weighted by Crippen LogP contribution is -2.24. The van der Waals surface area contributed by atoms with E-state index in [9.17, 15) is 8.78 Å². The van der Waals surface area contributed by atoms with Crippen molar-refractivity contribution in [3.8, 4) is 0 Å². The Balaban J connectivity index is 2.14. The normalized spacial score (nSPS) is 18.2. The first kappa shape index (κ1) is 13.5. The lowest BCUT2D eigenvalue weighted by atomic mass is 9.93. The average Bonchev–Trinajstić information content (AvgIpc) is 2.85. The molecule has 3 heteroatoms. The molecule has 1 N–H and O–H groups in total. The number of nitrogens with one attached hydrogen (secondary N) is 1. The molecule has 1 saturated carbocycles. The van der Waals surface area contributed by atoms with Crippen LogP contribution in [0.2, 0.25) is 0 Å². The van der Waals surface area contributed by atoms with Gasteiger partial charge in [-0.2, -0.15) is 0 Å². The quantitative estimate of drug-likeness (QED) is 0.829. The molecule has 1 unspecified atom stereocenters. The molecule has 18 heavy (non-hydrogen) atoms. The highest BCUT2D eigenvalue weighted by atomic mass is 19.2. The predicted molar refractivity (Wildman–Crippen MR) is 69.4 cm³/mol. The Labute approximate surface area is 108 Å². The Morgan fingerprint density at radius 2 is 2.00 bits per heavy atom. The van der Waals surface area contributed by atoms with Crippen molar-refractivity contribution in [1.82, 2.24) is 5.32 Å². The number of hydrogen-bond donors (Lipinski definition) is 1. The standard InChI is InChI=1S/C15H21F2N/c1-2-18-14(10-11-6-3-4-7-11)12-8-5-9-13(16)15(12)17/h5,8-9,11,14,18H,2-4,6-7,10H2,1H3. The van der Waals surface area contributed by atoms with Gasteiger partial charge in [0.15, 0.2) is 11.6 Å². The summed E-state index contributed by atoms with van der Waals surface area (Å²) < 4.78 is 27.1. The minimum Gasteiger partial charge on any atom is -0.310 e. The molecule has 1 aliphatic rings. The first-order valence-electron chi connectivity index (χ1n) is 6.89. The number of halogens is 2. The summed E-state index contributed by atoms with van der Waals surface area (Å²) in [5, 5.41) is 3.29. The van der Waals surface area contributed by atoms with Crippen LogP contribution in [-0.4, -0.2) is 6.54 Å². The number of benzene rings is 1. The Bertz CT molecular complexity index is 386. The minimum absolute atomic E-state index is 0.0613. The molecule has 1 atom stereocenters. The molecule has 0 spiro atoms. The van der Waals surface area contributed by atoms with E-state index in [2.05, 4.69) is 5.32 Å². The van der Waals surface area contributed by atoms with Crippen LogP contribution in [0.25, 0.3) is 0 Å². The largest absolute Gasteiger partial charge is 0.310 e. The number of rotatable bonds is 5. The van der Waals surface area contributed by atoms with Gasteiger partial charge in [-0.3, -0.25) is 0 Å². The van der Waals surface area contributed by atoms with Crippen LogP contribution < -0.4 is 5.32 Å². The third kappa shape index (κ3) is 3.08. The van der Waals surface area contributed by atoms with Gasteiger partial charge in [0.05, 0.1) is 0 Å². The Kier molecular flexibility index (Phi) is 4.70. The molecular weight excluding hydrogens is 232 g/mol. The molecular formula is C15H21F2N. The molecule has 0 radical (unpaired) electrons. The van der Waals surface area contributed by atoms with Crippen molar-refractivity contribution < 1.29 is 8.78 Å². The second-order valence-corrected chi connectivity index (χ2v) is 5.14. The van der Waals surface area contributed by atoms with Crippen LogP contribution in [0.3, 0.4) is 0 Å². The highest BCUT2D eigenvalue weighted by Gasteiger charge is 2.23. The molecule has 0 saturated heterocycles. The van der Waals surface area contributed by atoms with Gasteiger partial charge in [-0.15, -0.1) is 0 Å². The Morgan fingerprint density at radius 1 is 1.28 bits per heavy atom. The van der Waals surface area contributed by atoms with Gasteiger partial charge in [-0.25, -0.2) is 8.78 Å². The van der Waals surface area contributed by atoms with Gasteiger partial charge in [0.2, 0.25) is 0 Å². The second-order valence-electron chi connectivity index (χ2n) is 5.14.